The Bertz CT molecular complexity index is 729. The third kappa shape index (κ3) is 4.25. The van der Waals surface area contributed by atoms with Crippen molar-refractivity contribution in [1.82, 2.24) is 4.72 Å². The van der Waals surface area contributed by atoms with Crippen LogP contribution in [0.15, 0.2) is 28.0 Å². The van der Waals surface area contributed by atoms with Crippen molar-refractivity contribution in [3.63, 3.8) is 0 Å². The summed E-state index contributed by atoms with van der Waals surface area (Å²) in [6.45, 7) is -0.180. The van der Waals surface area contributed by atoms with E-state index in [1.54, 1.807) is 0 Å². The Balaban J connectivity index is 3.15. The molecule has 112 valence electrons. The van der Waals surface area contributed by atoms with Crippen LogP contribution in [0.5, 0.6) is 0 Å². The Hall–Kier alpha value is -1.52. The van der Waals surface area contributed by atoms with Gasteiger partial charge in [0.15, 0.2) is 9.84 Å². The molecule has 7 nitrogen and oxygen atoms in total. The zero-order valence-corrected chi connectivity index (χ0v) is 12.2. The van der Waals surface area contributed by atoms with Gasteiger partial charge in [-0.3, -0.25) is 5.41 Å². The Morgan fingerprint density at radius 3 is 2.45 bits per heavy atom. The van der Waals surface area contributed by atoms with Gasteiger partial charge in [0, 0.05) is 19.2 Å². The molecule has 1 aromatic carbocycles. The second kappa shape index (κ2) is 5.85. The topological polar surface area (TPSA) is 130 Å². The van der Waals surface area contributed by atoms with Gasteiger partial charge in [0.05, 0.1) is 10.7 Å². The fourth-order valence-corrected chi connectivity index (χ4v) is 3.17. The predicted octanol–water partition coefficient (Wildman–Crippen LogP) is -0.166. The average molecular weight is 323 g/mol. The summed E-state index contributed by atoms with van der Waals surface area (Å²) >= 11 is 0. The van der Waals surface area contributed by atoms with E-state index in [0.717, 1.165) is 24.5 Å². The monoisotopic (exact) mass is 323 g/mol. The maximum Gasteiger partial charge on any atom is 0.243 e. The van der Waals surface area contributed by atoms with Gasteiger partial charge >= 0.3 is 0 Å². The van der Waals surface area contributed by atoms with Gasteiger partial charge in [-0.2, -0.15) is 0 Å². The van der Waals surface area contributed by atoms with E-state index < -0.39 is 30.6 Å². The molecule has 20 heavy (non-hydrogen) atoms. The summed E-state index contributed by atoms with van der Waals surface area (Å²) in [5.74, 6) is -1.29. The Labute approximate surface area is 116 Å². The first-order valence-corrected chi connectivity index (χ1v) is 8.73. The quantitative estimate of drug-likeness (QED) is 0.380. The SMILES string of the molecule is CS(=O)(=O)c1ccc(F)c(S(=O)(=O)NCCC(=N)N)c1. The highest BCUT2D eigenvalue weighted by Crippen LogP contribution is 2.19. The fraction of sp³-hybridized carbons (Fsp3) is 0.300. The second-order valence-corrected chi connectivity index (χ2v) is 7.79. The Morgan fingerprint density at radius 1 is 1.35 bits per heavy atom. The highest BCUT2D eigenvalue weighted by atomic mass is 32.2. The summed E-state index contributed by atoms with van der Waals surface area (Å²) < 4.78 is 62.0. The standard InChI is InChI=1S/C10H14FN3O4S2/c1-19(15,16)7-2-3-8(11)9(6-7)20(17,18)14-5-4-10(12)13/h2-3,6,14H,4-5H2,1H3,(H3,12,13). The number of hydrogen-bond acceptors (Lipinski definition) is 5. The van der Waals surface area contributed by atoms with E-state index in [1.807, 2.05) is 4.72 Å². The molecule has 1 aromatic rings. The van der Waals surface area contributed by atoms with E-state index in [0.29, 0.717) is 0 Å². The van der Waals surface area contributed by atoms with Crippen LogP contribution in [0.3, 0.4) is 0 Å². The minimum absolute atomic E-state index is 0.0351. The predicted molar refractivity (Wildman–Crippen MR) is 71.2 cm³/mol. The van der Waals surface area contributed by atoms with Gasteiger partial charge in [0.1, 0.15) is 10.7 Å². The van der Waals surface area contributed by atoms with E-state index >= 15 is 0 Å². The molecule has 10 heteroatoms. The lowest BCUT2D eigenvalue weighted by Crippen LogP contribution is -2.28. The summed E-state index contributed by atoms with van der Waals surface area (Å²) in [5, 5.41) is 6.95. The van der Waals surface area contributed by atoms with Crippen LogP contribution in [0.1, 0.15) is 6.42 Å². The van der Waals surface area contributed by atoms with Gasteiger partial charge in [-0.05, 0) is 18.2 Å². The largest absolute Gasteiger partial charge is 0.388 e. The zero-order valence-electron chi connectivity index (χ0n) is 10.6. The molecule has 0 bridgehead atoms. The van der Waals surface area contributed by atoms with Crippen LogP contribution in [0, 0.1) is 11.2 Å². The number of sulfonamides is 1. The van der Waals surface area contributed by atoms with Crippen molar-refractivity contribution in [1.29, 1.82) is 5.41 Å². The van der Waals surface area contributed by atoms with Gasteiger partial charge in [0.2, 0.25) is 10.0 Å². The molecule has 0 spiro atoms. The molecule has 0 aliphatic rings. The maximum absolute atomic E-state index is 13.6. The number of halogens is 1. The molecule has 1 rings (SSSR count). The van der Waals surface area contributed by atoms with Crippen molar-refractivity contribution in [3.8, 4) is 0 Å². The molecule has 0 fully saturated rings. The van der Waals surface area contributed by atoms with Crippen molar-refractivity contribution in [2.75, 3.05) is 12.8 Å². The van der Waals surface area contributed by atoms with Crippen molar-refractivity contribution < 1.29 is 21.2 Å². The molecule has 0 aliphatic heterocycles. The Kier molecular flexibility index (Phi) is 4.84. The fourth-order valence-electron chi connectivity index (χ4n) is 1.32. The smallest absolute Gasteiger partial charge is 0.243 e. The number of hydrogen-bond donors (Lipinski definition) is 3. The normalized spacial score (nSPS) is 12.3. The first kappa shape index (κ1) is 16.5. The van der Waals surface area contributed by atoms with E-state index in [1.165, 1.54) is 0 Å². The molecule has 0 atom stereocenters. The second-order valence-electron chi connectivity index (χ2n) is 4.04. The number of nitrogens with two attached hydrogens (primary N) is 1. The van der Waals surface area contributed by atoms with E-state index in [-0.39, 0.29) is 23.7 Å². The number of sulfone groups is 1. The van der Waals surface area contributed by atoms with Crippen molar-refractivity contribution in [3.05, 3.63) is 24.0 Å². The summed E-state index contributed by atoms with van der Waals surface area (Å²) in [5.41, 5.74) is 5.07. The molecule has 0 saturated carbocycles. The van der Waals surface area contributed by atoms with Crippen molar-refractivity contribution in [2.24, 2.45) is 5.73 Å². The minimum atomic E-state index is -4.21. The van der Waals surface area contributed by atoms with E-state index in [9.17, 15) is 21.2 Å². The molecular formula is C10H14FN3O4S2. The molecule has 0 aromatic heterocycles. The number of benzene rings is 1. The van der Waals surface area contributed by atoms with Crippen molar-refractivity contribution >= 4 is 25.7 Å². The lowest BCUT2D eigenvalue weighted by atomic mass is 10.3. The molecule has 0 amide bonds. The third-order valence-electron chi connectivity index (χ3n) is 2.31. The summed E-state index contributed by atoms with van der Waals surface area (Å²) in [4.78, 5) is -1.06. The maximum atomic E-state index is 13.6. The molecule has 0 unspecified atom stereocenters. The number of amidine groups is 1. The van der Waals surface area contributed by atoms with Crippen LogP contribution in [-0.2, 0) is 19.9 Å². The van der Waals surface area contributed by atoms with Gasteiger partial charge in [-0.1, -0.05) is 0 Å². The first-order chi connectivity index (χ1) is 9.04. The van der Waals surface area contributed by atoms with Crippen LogP contribution in [0.25, 0.3) is 0 Å². The molecule has 0 saturated heterocycles. The summed E-state index contributed by atoms with van der Waals surface area (Å²) in [6, 6.07) is 2.51. The minimum Gasteiger partial charge on any atom is -0.388 e. The van der Waals surface area contributed by atoms with Crippen LogP contribution < -0.4 is 10.5 Å². The molecule has 0 radical (unpaired) electrons. The summed E-state index contributed by atoms with van der Waals surface area (Å²) in [7, 11) is -7.86. The first-order valence-electron chi connectivity index (χ1n) is 5.36. The van der Waals surface area contributed by atoms with Crippen LogP contribution >= 0.6 is 0 Å². The highest BCUT2D eigenvalue weighted by Gasteiger charge is 2.21. The molecular weight excluding hydrogens is 309 g/mol. The highest BCUT2D eigenvalue weighted by molar-refractivity contribution is 7.91. The van der Waals surface area contributed by atoms with Crippen LogP contribution in [-0.4, -0.2) is 35.5 Å². The summed E-state index contributed by atoms with van der Waals surface area (Å²) in [6.07, 6.45) is 0.854. The van der Waals surface area contributed by atoms with Gasteiger partial charge in [-0.15, -0.1) is 0 Å². The third-order valence-corrected chi connectivity index (χ3v) is 4.89. The van der Waals surface area contributed by atoms with Gasteiger partial charge in [-0.25, -0.2) is 25.9 Å². The van der Waals surface area contributed by atoms with Crippen LogP contribution in [0.2, 0.25) is 0 Å². The van der Waals surface area contributed by atoms with Crippen LogP contribution in [0.4, 0.5) is 4.39 Å². The lowest BCUT2D eigenvalue weighted by Gasteiger charge is -2.08. The number of nitrogens with one attached hydrogen (secondary N) is 2. The number of rotatable bonds is 6. The van der Waals surface area contributed by atoms with E-state index in [2.05, 4.69) is 0 Å². The van der Waals surface area contributed by atoms with Gasteiger partial charge in [0.25, 0.3) is 0 Å². The lowest BCUT2D eigenvalue weighted by molar-refractivity contribution is 0.556. The van der Waals surface area contributed by atoms with Crippen molar-refractivity contribution in [2.45, 2.75) is 16.2 Å². The van der Waals surface area contributed by atoms with Gasteiger partial charge < -0.3 is 5.73 Å². The molecule has 4 N–H and O–H groups in total. The average Bonchev–Trinajstić information content (AvgIpc) is 2.26. The Morgan fingerprint density at radius 2 is 1.95 bits per heavy atom. The zero-order chi connectivity index (χ0) is 15.6. The molecule has 0 heterocycles. The molecule has 0 aliphatic carbocycles. The van der Waals surface area contributed by atoms with E-state index in [4.69, 9.17) is 11.1 Å².